The molecule has 0 spiro atoms. The first-order valence-electron chi connectivity index (χ1n) is 7.54. The van der Waals surface area contributed by atoms with Crippen LogP contribution in [0.2, 0.25) is 10.0 Å². The van der Waals surface area contributed by atoms with Crippen molar-refractivity contribution in [1.29, 1.82) is 0 Å². The third kappa shape index (κ3) is 2.80. The van der Waals surface area contributed by atoms with Gasteiger partial charge in [-0.05, 0) is 12.1 Å². The first-order chi connectivity index (χ1) is 12.1. The molecule has 0 aliphatic heterocycles. The minimum atomic E-state index is -0.285. The number of rotatable bonds is 2. The van der Waals surface area contributed by atoms with E-state index in [2.05, 4.69) is 10.1 Å². The van der Waals surface area contributed by atoms with E-state index < -0.39 is 0 Å². The molecule has 0 unspecified atom stereocenters. The normalized spacial score (nSPS) is 11.0. The number of hydrogen-bond donors (Lipinski definition) is 0. The summed E-state index contributed by atoms with van der Waals surface area (Å²) >= 11 is 12.2. The highest BCUT2D eigenvalue weighted by Gasteiger charge is 2.15. The van der Waals surface area contributed by atoms with E-state index in [1.165, 1.54) is 16.9 Å². The molecule has 4 rings (SSSR count). The van der Waals surface area contributed by atoms with Gasteiger partial charge < -0.3 is 0 Å². The molecule has 6 heteroatoms. The van der Waals surface area contributed by atoms with Crippen LogP contribution in [0.3, 0.4) is 0 Å². The molecule has 2 aromatic heterocycles. The van der Waals surface area contributed by atoms with Gasteiger partial charge in [-0.25, -0.2) is 4.98 Å². The maximum atomic E-state index is 12.9. The van der Waals surface area contributed by atoms with Crippen molar-refractivity contribution in [3.63, 3.8) is 0 Å². The minimum absolute atomic E-state index is 0.249. The molecule has 0 aliphatic rings. The lowest BCUT2D eigenvalue weighted by molar-refractivity contribution is 0.799. The lowest BCUT2D eigenvalue weighted by Crippen LogP contribution is -2.23. The molecule has 0 bridgehead atoms. The lowest BCUT2D eigenvalue weighted by atomic mass is 10.1. The third-order valence-electron chi connectivity index (χ3n) is 3.84. The Balaban J connectivity index is 2.10. The maximum absolute atomic E-state index is 12.9. The van der Waals surface area contributed by atoms with E-state index in [1.54, 1.807) is 6.07 Å². The number of hydrogen-bond acceptors (Lipinski definition) is 3. The van der Waals surface area contributed by atoms with E-state index in [0.717, 1.165) is 10.9 Å². The highest BCUT2D eigenvalue weighted by molar-refractivity contribution is 6.35. The Labute approximate surface area is 153 Å². The molecule has 4 nitrogen and oxygen atoms in total. The number of aromatic nitrogens is 3. The monoisotopic (exact) mass is 367 g/mol. The Morgan fingerprint density at radius 1 is 0.880 bits per heavy atom. The van der Waals surface area contributed by atoms with Gasteiger partial charge in [-0.3, -0.25) is 4.79 Å². The number of fused-ring (bicyclic) bond motifs is 1. The Hall–Kier alpha value is -2.69. The third-order valence-corrected chi connectivity index (χ3v) is 4.33. The summed E-state index contributed by atoms with van der Waals surface area (Å²) in [5.74, 6) is 0.249. The molecule has 25 heavy (non-hydrogen) atoms. The molecule has 0 N–H and O–H groups in total. The van der Waals surface area contributed by atoms with Crippen LogP contribution in [0.4, 0.5) is 0 Å². The van der Waals surface area contributed by atoms with E-state index in [0.29, 0.717) is 16.1 Å². The summed E-state index contributed by atoms with van der Waals surface area (Å²) in [6, 6.07) is 18.6. The molecule has 0 aliphatic carbocycles. The number of pyridine rings is 1. The van der Waals surface area contributed by atoms with Crippen molar-refractivity contribution in [3.8, 4) is 17.1 Å². The van der Waals surface area contributed by atoms with Crippen LogP contribution in [0, 0.1) is 0 Å². The smallest absolute Gasteiger partial charge is 0.267 e. The second kappa shape index (κ2) is 6.31. The summed E-state index contributed by atoms with van der Waals surface area (Å²) in [5.41, 5.74) is 1.30. The van der Waals surface area contributed by atoms with Crippen molar-refractivity contribution >= 4 is 34.0 Å². The molecule has 2 aromatic carbocycles. The summed E-state index contributed by atoms with van der Waals surface area (Å²) < 4.78 is 1.23. The van der Waals surface area contributed by atoms with Gasteiger partial charge in [-0.15, -0.1) is 0 Å². The van der Waals surface area contributed by atoms with Gasteiger partial charge in [0.2, 0.25) is 0 Å². The van der Waals surface area contributed by atoms with Gasteiger partial charge in [0, 0.05) is 17.1 Å². The maximum Gasteiger partial charge on any atom is 0.280 e. The largest absolute Gasteiger partial charge is 0.280 e. The van der Waals surface area contributed by atoms with Crippen molar-refractivity contribution in [2.75, 3.05) is 0 Å². The van der Waals surface area contributed by atoms with Gasteiger partial charge in [0.1, 0.15) is 0 Å². The molecule has 0 atom stereocenters. The summed E-state index contributed by atoms with van der Waals surface area (Å²) in [7, 11) is 0. The zero-order chi connectivity index (χ0) is 17.4. The SMILES string of the molecule is O=c1c2ccccc2c(-c2ccccc2)nn1-c1ncc(Cl)cc1Cl. The van der Waals surface area contributed by atoms with Crippen molar-refractivity contribution in [2.24, 2.45) is 0 Å². The van der Waals surface area contributed by atoms with Gasteiger partial charge >= 0.3 is 0 Å². The fraction of sp³-hybridized carbons (Fsp3) is 0. The van der Waals surface area contributed by atoms with E-state index in [4.69, 9.17) is 23.2 Å². The van der Waals surface area contributed by atoms with Crippen molar-refractivity contribution in [3.05, 3.63) is 87.3 Å². The van der Waals surface area contributed by atoms with Gasteiger partial charge in [0.15, 0.2) is 5.82 Å². The molecule has 0 saturated carbocycles. The number of halogens is 2. The number of benzene rings is 2. The van der Waals surface area contributed by atoms with Gasteiger partial charge in [-0.1, -0.05) is 71.7 Å². The predicted octanol–water partition coefficient (Wildman–Crippen LogP) is 4.75. The predicted molar refractivity (Wildman–Crippen MR) is 101 cm³/mol. The zero-order valence-corrected chi connectivity index (χ0v) is 14.4. The second-order valence-electron chi connectivity index (χ2n) is 5.44. The molecule has 0 saturated heterocycles. The molecule has 0 fully saturated rings. The van der Waals surface area contributed by atoms with E-state index in [1.807, 2.05) is 48.5 Å². The van der Waals surface area contributed by atoms with Crippen LogP contribution >= 0.6 is 23.2 Å². The summed E-state index contributed by atoms with van der Waals surface area (Å²) in [5, 5.41) is 6.52. The molecule has 0 radical (unpaired) electrons. The average molecular weight is 368 g/mol. The Bertz CT molecular complexity index is 1140. The fourth-order valence-corrected chi connectivity index (χ4v) is 3.17. The van der Waals surface area contributed by atoms with Crippen LogP contribution < -0.4 is 5.56 Å². The van der Waals surface area contributed by atoms with Crippen LogP contribution in [-0.4, -0.2) is 14.8 Å². The average Bonchev–Trinajstić information content (AvgIpc) is 2.64. The van der Waals surface area contributed by atoms with E-state index in [9.17, 15) is 4.79 Å². The minimum Gasteiger partial charge on any atom is -0.267 e. The molecule has 2 heterocycles. The quantitative estimate of drug-likeness (QED) is 0.513. The first-order valence-corrected chi connectivity index (χ1v) is 8.29. The van der Waals surface area contributed by atoms with Crippen molar-refractivity contribution in [2.45, 2.75) is 0 Å². The molecule has 4 aromatic rings. The van der Waals surface area contributed by atoms with Crippen LogP contribution in [0.25, 0.3) is 27.8 Å². The Morgan fingerprint density at radius 2 is 1.56 bits per heavy atom. The van der Waals surface area contributed by atoms with Crippen LogP contribution in [0.5, 0.6) is 0 Å². The lowest BCUT2D eigenvalue weighted by Gasteiger charge is -2.11. The van der Waals surface area contributed by atoms with Crippen molar-refractivity contribution in [1.82, 2.24) is 14.8 Å². The highest BCUT2D eigenvalue weighted by atomic mass is 35.5. The van der Waals surface area contributed by atoms with Crippen molar-refractivity contribution < 1.29 is 0 Å². The Kier molecular flexibility index (Phi) is 3.99. The summed E-state index contributed by atoms with van der Waals surface area (Å²) in [4.78, 5) is 17.1. The van der Waals surface area contributed by atoms with Gasteiger partial charge in [0.05, 0.1) is 21.1 Å². The van der Waals surface area contributed by atoms with E-state index in [-0.39, 0.29) is 16.4 Å². The topological polar surface area (TPSA) is 47.8 Å². The standard InChI is InChI=1S/C19H11Cl2N3O/c20-13-10-16(21)18(22-11-13)24-19(25)15-9-5-4-8-14(15)17(23-24)12-6-2-1-3-7-12/h1-11H. The van der Waals surface area contributed by atoms with E-state index >= 15 is 0 Å². The molecular formula is C19H11Cl2N3O. The molecule has 122 valence electrons. The van der Waals surface area contributed by atoms with Crippen LogP contribution in [-0.2, 0) is 0 Å². The second-order valence-corrected chi connectivity index (χ2v) is 6.28. The van der Waals surface area contributed by atoms with Crippen LogP contribution in [0.15, 0.2) is 71.7 Å². The van der Waals surface area contributed by atoms with Crippen LogP contribution in [0.1, 0.15) is 0 Å². The Morgan fingerprint density at radius 3 is 2.28 bits per heavy atom. The van der Waals surface area contributed by atoms with Gasteiger partial charge in [0.25, 0.3) is 5.56 Å². The summed E-state index contributed by atoms with van der Waals surface area (Å²) in [6.45, 7) is 0. The fourth-order valence-electron chi connectivity index (χ4n) is 2.71. The summed E-state index contributed by atoms with van der Waals surface area (Å²) in [6.07, 6.45) is 1.44. The van der Waals surface area contributed by atoms with Gasteiger partial charge in [-0.2, -0.15) is 9.78 Å². The molecule has 0 amide bonds. The molecular weight excluding hydrogens is 357 g/mol. The first kappa shape index (κ1) is 15.8. The zero-order valence-electron chi connectivity index (χ0n) is 12.9. The highest BCUT2D eigenvalue weighted by Crippen LogP contribution is 2.26. The number of nitrogens with zero attached hydrogens (tertiary/aromatic N) is 3.